The third-order valence-electron chi connectivity index (χ3n) is 14.0. The minimum absolute atomic E-state index is 0.546. The average molecular weight is 896 g/mol. The van der Waals surface area contributed by atoms with Gasteiger partial charge in [0.15, 0.2) is 17.5 Å². The molecule has 7 nitrogen and oxygen atoms in total. The summed E-state index contributed by atoms with van der Waals surface area (Å²) >= 11 is 0. The van der Waals surface area contributed by atoms with E-state index in [0.29, 0.717) is 17.5 Å². The number of hydrogen-bond acceptors (Lipinski definition) is 5. The van der Waals surface area contributed by atoms with E-state index in [1.165, 1.54) is 27.1 Å². The molecule has 0 unspecified atom stereocenters. The zero-order valence-corrected chi connectivity index (χ0v) is 37.4. The Kier molecular flexibility index (Phi) is 8.23. The summed E-state index contributed by atoms with van der Waals surface area (Å²) in [5, 5.41) is 8.88. The van der Waals surface area contributed by atoms with E-state index in [-0.39, 0.29) is 0 Å². The van der Waals surface area contributed by atoms with E-state index in [1.54, 1.807) is 0 Å². The molecule has 0 bridgehead atoms. The Hall–Kier alpha value is -9.59. The number of aromatic nitrogens is 5. The molecule has 0 spiro atoms. The maximum absolute atomic E-state index is 6.72. The van der Waals surface area contributed by atoms with Gasteiger partial charge in [-0.2, -0.15) is 0 Å². The van der Waals surface area contributed by atoms with E-state index in [2.05, 4.69) is 191 Å². The smallest absolute Gasteiger partial charge is 0.164 e. The predicted molar refractivity (Wildman–Crippen MR) is 285 cm³/mol. The SMILES string of the molecule is c1ccc(-c2nc(-c3ccc4c(c3)oc3cc(-n5c6ccccc6c6ccccc65)ccc34)nc(-c3cccc4oc5ccc(-c6ccc7c8ccccc8n(-c8ccccc8)c7c6)cc5c34)n2)cc1. The van der Waals surface area contributed by atoms with E-state index < -0.39 is 0 Å². The van der Waals surface area contributed by atoms with Crippen molar-refractivity contribution in [2.45, 2.75) is 0 Å². The first-order valence-corrected chi connectivity index (χ1v) is 23.5. The fourth-order valence-electron chi connectivity index (χ4n) is 10.8. The molecule has 0 saturated carbocycles. The lowest BCUT2D eigenvalue weighted by atomic mass is 9.99. The zero-order chi connectivity index (χ0) is 45.9. The van der Waals surface area contributed by atoms with Crippen LogP contribution in [0.4, 0.5) is 0 Å². The Labute approximate surface area is 399 Å². The second kappa shape index (κ2) is 15.0. The van der Waals surface area contributed by atoms with Crippen molar-refractivity contribution in [1.29, 1.82) is 0 Å². The van der Waals surface area contributed by atoms with Gasteiger partial charge in [0.05, 0.1) is 22.1 Å². The number of fused-ring (bicyclic) bond motifs is 12. The molecule has 0 amide bonds. The monoisotopic (exact) mass is 895 g/mol. The molecule has 0 radical (unpaired) electrons. The molecule has 0 N–H and O–H groups in total. The normalized spacial score (nSPS) is 12.0. The Balaban J connectivity index is 0.869. The molecule has 0 atom stereocenters. The largest absolute Gasteiger partial charge is 0.456 e. The highest BCUT2D eigenvalue weighted by atomic mass is 16.3. The quantitative estimate of drug-likeness (QED) is 0.166. The van der Waals surface area contributed by atoms with Crippen LogP contribution < -0.4 is 0 Å². The highest BCUT2D eigenvalue weighted by molar-refractivity contribution is 6.14. The molecular weight excluding hydrogens is 859 g/mol. The third-order valence-corrected chi connectivity index (χ3v) is 14.0. The van der Waals surface area contributed by atoms with Gasteiger partial charge in [-0.05, 0) is 90.0 Å². The summed E-state index contributed by atoms with van der Waals surface area (Å²) in [6.07, 6.45) is 0. The lowest BCUT2D eigenvalue weighted by Gasteiger charge is -2.10. The van der Waals surface area contributed by atoms with Crippen molar-refractivity contribution in [1.82, 2.24) is 24.1 Å². The number of furan rings is 2. The summed E-state index contributed by atoms with van der Waals surface area (Å²) < 4.78 is 18.0. The van der Waals surface area contributed by atoms with Crippen molar-refractivity contribution in [2.75, 3.05) is 0 Å². The number of para-hydroxylation sites is 4. The van der Waals surface area contributed by atoms with Crippen LogP contribution in [0, 0.1) is 0 Å². The molecule has 5 heterocycles. The van der Waals surface area contributed by atoms with Crippen molar-refractivity contribution in [3.8, 4) is 56.7 Å². The molecule has 0 aliphatic rings. The van der Waals surface area contributed by atoms with E-state index in [0.717, 1.165) is 99.6 Å². The number of nitrogens with zero attached hydrogens (tertiary/aromatic N) is 5. The van der Waals surface area contributed by atoms with E-state index in [9.17, 15) is 0 Å². The molecule has 0 fully saturated rings. The zero-order valence-electron chi connectivity index (χ0n) is 37.4. The molecule has 10 aromatic carbocycles. The highest BCUT2D eigenvalue weighted by Crippen LogP contribution is 2.41. The van der Waals surface area contributed by atoms with Crippen LogP contribution in [0.1, 0.15) is 0 Å². The summed E-state index contributed by atoms with van der Waals surface area (Å²) in [5.41, 5.74) is 14.7. The minimum atomic E-state index is 0.546. The molecule has 0 saturated heterocycles. The summed E-state index contributed by atoms with van der Waals surface area (Å²) in [6.45, 7) is 0. The average Bonchev–Trinajstić information content (AvgIpc) is 4.18. The summed E-state index contributed by atoms with van der Waals surface area (Å²) in [4.78, 5) is 15.6. The second-order valence-corrected chi connectivity index (χ2v) is 17.9. The molecule has 15 aromatic rings. The third kappa shape index (κ3) is 5.85. The van der Waals surface area contributed by atoms with Crippen LogP contribution in [0.3, 0.4) is 0 Å². The molecule has 5 aromatic heterocycles. The van der Waals surface area contributed by atoms with E-state index >= 15 is 0 Å². The molecule has 0 aliphatic heterocycles. The van der Waals surface area contributed by atoms with Gasteiger partial charge >= 0.3 is 0 Å². The van der Waals surface area contributed by atoms with E-state index in [4.69, 9.17) is 23.8 Å². The van der Waals surface area contributed by atoms with Crippen LogP contribution in [0.5, 0.6) is 0 Å². The van der Waals surface area contributed by atoms with Crippen molar-refractivity contribution < 1.29 is 8.83 Å². The second-order valence-electron chi connectivity index (χ2n) is 17.9. The Bertz CT molecular complexity index is 4540. The molecule has 326 valence electrons. The maximum Gasteiger partial charge on any atom is 0.164 e. The van der Waals surface area contributed by atoms with Crippen LogP contribution in [-0.2, 0) is 0 Å². The fourth-order valence-corrected chi connectivity index (χ4v) is 10.8. The molecule has 7 heteroatoms. The summed E-state index contributed by atoms with van der Waals surface area (Å²) in [7, 11) is 0. The maximum atomic E-state index is 6.72. The van der Waals surface area contributed by atoms with Gasteiger partial charge in [0, 0.05) is 77.2 Å². The van der Waals surface area contributed by atoms with Gasteiger partial charge in [-0.15, -0.1) is 0 Å². The highest BCUT2D eigenvalue weighted by Gasteiger charge is 2.21. The molecule has 15 rings (SSSR count). The Morgan fingerprint density at radius 2 is 0.800 bits per heavy atom. The Morgan fingerprint density at radius 1 is 0.271 bits per heavy atom. The van der Waals surface area contributed by atoms with Gasteiger partial charge in [0.1, 0.15) is 22.3 Å². The van der Waals surface area contributed by atoms with Gasteiger partial charge in [-0.25, -0.2) is 15.0 Å². The van der Waals surface area contributed by atoms with Crippen LogP contribution >= 0.6 is 0 Å². The van der Waals surface area contributed by atoms with Gasteiger partial charge in [0.25, 0.3) is 0 Å². The number of benzene rings is 10. The van der Waals surface area contributed by atoms with Crippen LogP contribution in [0.25, 0.3) is 144 Å². The van der Waals surface area contributed by atoms with Gasteiger partial charge in [0.2, 0.25) is 0 Å². The molecular formula is C63H37N5O2. The van der Waals surface area contributed by atoms with Crippen LogP contribution in [0.15, 0.2) is 233 Å². The van der Waals surface area contributed by atoms with E-state index in [1.807, 2.05) is 42.5 Å². The number of rotatable bonds is 6. The van der Waals surface area contributed by atoms with Gasteiger partial charge in [-0.3, -0.25) is 0 Å². The van der Waals surface area contributed by atoms with Crippen LogP contribution in [0.2, 0.25) is 0 Å². The number of hydrogen-bond donors (Lipinski definition) is 0. The molecule has 70 heavy (non-hydrogen) atoms. The molecule has 0 aliphatic carbocycles. The first kappa shape index (κ1) is 38.5. The minimum Gasteiger partial charge on any atom is -0.456 e. The first-order valence-electron chi connectivity index (χ1n) is 23.5. The summed E-state index contributed by atoms with van der Waals surface area (Å²) in [5.74, 6) is 1.68. The lowest BCUT2D eigenvalue weighted by molar-refractivity contribution is 0.668. The van der Waals surface area contributed by atoms with Crippen molar-refractivity contribution in [3.05, 3.63) is 224 Å². The fraction of sp³-hybridized carbons (Fsp3) is 0. The standard InChI is InChI=1S/C63H37N5O2/c1-3-14-38(15-4-1)61-64-62(41-27-31-48-49-32-29-43(37-59(49)70-58(48)36-41)68-53-23-11-7-18-44(53)45-19-8-12-24-54(45)68)66-63(65-61)50-21-13-25-57-60(50)51-34-39(28-33-56(51)69-57)40-26-30-47-46-20-9-10-22-52(46)67(55(47)35-40)42-16-5-2-6-17-42/h1-37H. The van der Waals surface area contributed by atoms with Gasteiger partial charge < -0.3 is 18.0 Å². The van der Waals surface area contributed by atoms with Gasteiger partial charge in [-0.1, -0.05) is 140 Å². The lowest BCUT2D eigenvalue weighted by Crippen LogP contribution is -2.00. The topological polar surface area (TPSA) is 74.8 Å². The van der Waals surface area contributed by atoms with Crippen molar-refractivity contribution in [2.24, 2.45) is 0 Å². The summed E-state index contributed by atoms with van der Waals surface area (Å²) in [6, 6.07) is 78.5. The Morgan fingerprint density at radius 3 is 1.53 bits per heavy atom. The van der Waals surface area contributed by atoms with Crippen molar-refractivity contribution >= 4 is 87.5 Å². The predicted octanol–water partition coefficient (Wildman–Crippen LogP) is 16.5. The van der Waals surface area contributed by atoms with Crippen LogP contribution in [-0.4, -0.2) is 24.1 Å². The first-order chi connectivity index (χ1) is 34.7. The van der Waals surface area contributed by atoms with Crippen molar-refractivity contribution in [3.63, 3.8) is 0 Å².